The third kappa shape index (κ3) is 5.09. The van der Waals surface area contributed by atoms with Gasteiger partial charge in [-0.25, -0.2) is 0 Å². The van der Waals surface area contributed by atoms with Gasteiger partial charge in [-0.15, -0.1) is 0 Å². The second kappa shape index (κ2) is 9.57. The Kier molecular flexibility index (Phi) is 8.10. The second-order valence-corrected chi connectivity index (χ2v) is 5.64. The first kappa shape index (κ1) is 18.6. The summed E-state index contributed by atoms with van der Waals surface area (Å²) in [5, 5.41) is 0. The molecule has 0 N–H and O–H groups in total. The van der Waals surface area contributed by atoms with Gasteiger partial charge in [0.1, 0.15) is 0 Å². The van der Waals surface area contributed by atoms with Gasteiger partial charge in [-0.3, -0.25) is 0 Å². The zero-order chi connectivity index (χ0) is 16.5. The summed E-state index contributed by atoms with van der Waals surface area (Å²) in [5.74, 6) is 2.60. The van der Waals surface area contributed by atoms with Crippen LogP contribution >= 0.6 is 0 Å². The summed E-state index contributed by atoms with van der Waals surface area (Å²) in [7, 11) is 3.34. The number of hydrogen-bond acceptors (Lipinski definition) is 4. The largest absolute Gasteiger partial charge is 0.493 e. The van der Waals surface area contributed by atoms with E-state index in [4.69, 9.17) is 14.2 Å². The van der Waals surface area contributed by atoms with E-state index in [2.05, 4.69) is 32.6 Å². The van der Waals surface area contributed by atoms with E-state index in [0.717, 1.165) is 37.6 Å². The normalized spacial score (nSPS) is 11.1. The molecule has 0 aliphatic carbocycles. The summed E-state index contributed by atoms with van der Waals surface area (Å²) in [6.07, 6.45) is 0.986. The Hall–Kier alpha value is -1.42. The standard InChI is InChI=1S/C18H31NO3/c1-7-19(8-2)10-9-11-22-18-16(20-5)12-15(14(3)4)13-17(18)21-6/h12-14H,7-11H2,1-6H3. The molecule has 0 radical (unpaired) electrons. The summed E-state index contributed by atoms with van der Waals surface area (Å²) in [6.45, 7) is 12.5. The van der Waals surface area contributed by atoms with E-state index in [1.54, 1.807) is 14.2 Å². The van der Waals surface area contributed by atoms with E-state index in [0.29, 0.717) is 18.3 Å². The molecule has 1 aromatic carbocycles. The van der Waals surface area contributed by atoms with Gasteiger partial charge in [0.2, 0.25) is 5.75 Å². The third-order valence-electron chi connectivity index (χ3n) is 3.91. The molecule has 0 aliphatic rings. The third-order valence-corrected chi connectivity index (χ3v) is 3.91. The van der Waals surface area contributed by atoms with Crippen molar-refractivity contribution in [1.29, 1.82) is 0 Å². The van der Waals surface area contributed by atoms with Gasteiger partial charge in [-0.1, -0.05) is 27.7 Å². The smallest absolute Gasteiger partial charge is 0.203 e. The number of rotatable bonds is 10. The van der Waals surface area contributed by atoms with Crippen molar-refractivity contribution in [2.75, 3.05) is 40.5 Å². The zero-order valence-electron chi connectivity index (χ0n) is 14.9. The molecular formula is C18H31NO3. The topological polar surface area (TPSA) is 30.9 Å². The van der Waals surface area contributed by atoms with Crippen molar-refractivity contribution >= 4 is 0 Å². The lowest BCUT2D eigenvalue weighted by atomic mass is 10.0. The Labute approximate surface area is 135 Å². The highest BCUT2D eigenvalue weighted by molar-refractivity contribution is 5.54. The highest BCUT2D eigenvalue weighted by Gasteiger charge is 2.15. The van der Waals surface area contributed by atoms with Crippen molar-refractivity contribution in [1.82, 2.24) is 4.90 Å². The van der Waals surface area contributed by atoms with Crippen LogP contribution in [0.1, 0.15) is 45.6 Å². The molecule has 0 aromatic heterocycles. The van der Waals surface area contributed by atoms with Gasteiger partial charge >= 0.3 is 0 Å². The van der Waals surface area contributed by atoms with Crippen LogP contribution in [0, 0.1) is 0 Å². The number of ether oxygens (including phenoxy) is 3. The molecule has 0 amide bonds. The maximum Gasteiger partial charge on any atom is 0.203 e. The highest BCUT2D eigenvalue weighted by atomic mass is 16.5. The molecule has 0 spiro atoms. The Balaban J connectivity index is 2.76. The van der Waals surface area contributed by atoms with Gasteiger partial charge in [0, 0.05) is 6.54 Å². The number of hydrogen-bond donors (Lipinski definition) is 0. The molecule has 22 heavy (non-hydrogen) atoms. The van der Waals surface area contributed by atoms with Crippen molar-refractivity contribution in [2.45, 2.75) is 40.0 Å². The van der Waals surface area contributed by atoms with Crippen molar-refractivity contribution in [3.63, 3.8) is 0 Å². The van der Waals surface area contributed by atoms with Gasteiger partial charge in [-0.05, 0) is 43.1 Å². The summed E-state index contributed by atoms with van der Waals surface area (Å²) in [5.41, 5.74) is 1.18. The molecule has 1 rings (SSSR count). The molecule has 0 fully saturated rings. The Morgan fingerprint density at radius 1 is 1.00 bits per heavy atom. The first-order valence-corrected chi connectivity index (χ1v) is 8.18. The minimum atomic E-state index is 0.416. The average molecular weight is 309 g/mol. The molecule has 126 valence electrons. The Morgan fingerprint density at radius 2 is 1.55 bits per heavy atom. The van der Waals surface area contributed by atoms with Crippen LogP contribution in [-0.4, -0.2) is 45.4 Å². The molecule has 0 aliphatic heterocycles. The Bertz CT molecular complexity index is 417. The molecule has 0 saturated carbocycles. The van der Waals surface area contributed by atoms with Crippen LogP contribution in [-0.2, 0) is 0 Å². The lowest BCUT2D eigenvalue weighted by Crippen LogP contribution is -2.25. The lowest BCUT2D eigenvalue weighted by molar-refractivity contribution is 0.235. The average Bonchev–Trinajstić information content (AvgIpc) is 2.54. The summed E-state index contributed by atoms with van der Waals surface area (Å²) >= 11 is 0. The molecule has 0 heterocycles. The van der Waals surface area contributed by atoms with Gasteiger partial charge in [0.15, 0.2) is 11.5 Å². The maximum absolute atomic E-state index is 5.95. The van der Waals surface area contributed by atoms with Crippen molar-refractivity contribution < 1.29 is 14.2 Å². The fourth-order valence-electron chi connectivity index (χ4n) is 2.38. The minimum Gasteiger partial charge on any atom is -0.493 e. The monoisotopic (exact) mass is 309 g/mol. The molecular weight excluding hydrogens is 278 g/mol. The predicted octanol–water partition coefficient (Wildman–Crippen LogP) is 3.94. The van der Waals surface area contributed by atoms with E-state index in [1.807, 2.05) is 12.1 Å². The number of benzene rings is 1. The van der Waals surface area contributed by atoms with E-state index < -0.39 is 0 Å². The first-order valence-electron chi connectivity index (χ1n) is 8.18. The van der Waals surface area contributed by atoms with Crippen LogP contribution in [0.4, 0.5) is 0 Å². The van der Waals surface area contributed by atoms with Crippen LogP contribution in [0.5, 0.6) is 17.2 Å². The maximum atomic E-state index is 5.95. The van der Waals surface area contributed by atoms with E-state index >= 15 is 0 Å². The summed E-state index contributed by atoms with van der Waals surface area (Å²) in [6, 6.07) is 4.07. The fraction of sp³-hybridized carbons (Fsp3) is 0.667. The summed E-state index contributed by atoms with van der Waals surface area (Å²) < 4.78 is 16.9. The summed E-state index contributed by atoms with van der Waals surface area (Å²) in [4.78, 5) is 2.39. The van der Waals surface area contributed by atoms with Gasteiger partial charge in [-0.2, -0.15) is 0 Å². The SMILES string of the molecule is CCN(CC)CCCOc1c(OC)cc(C(C)C)cc1OC. The quantitative estimate of drug-likeness (QED) is 0.613. The first-order chi connectivity index (χ1) is 10.6. The van der Waals surface area contributed by atoms with E-state index in [9.17, 15) is 0 Å². The number of methoxy groups -OCH3 is 2. The lowest BCUT2D eigenvalue weighted by Gasteiger charge is -2.19. The van der Waals surface area contributed by atoms with Crippen LogP contribution in [0.15, 0.2) is 12.1 Å². The van der Waals surface area contributed by atoms with Crippen LogP contribution in [0.25, 0.3) is 0 Å². The van der Waals surface area contributed by atoms with Crippen LogP contribution < -0.4 is 14.2 Å². The van der Waals surface area contributed by atoms with Crippen molar-refractivity contribution in [2.24, 2.45) is 0 Å². The van der Waals surface area contributed by atoms with Crippen molar-refractivity contribution in [3.8, 4) is 17.2 Å². The minimum absolute atomic E-state index is 0.416. The van der Waals surface area contributed by atoms with E-state index in [-0.39, 0.29) is 0 Å². The van der Waals surface area contributed by atoms with Gasteiger partial charge in [0.25, 0.3) is 0 Å². The predicted molar refractivity (Wildman–Crippen MR) is 91.5 cm³/mol. The van der Waals surface area contributed by atoms with Gasteiger partial charge < -0.3 is 19.1 Å². The van der Waals surface area contributed by atoms with Gasteiger partial charge in [0.05, 0.1) is 20.8 Å². The van der Waals surface area contributed by atoms with Crippen LogP contribution in [0.2, 0.25) is 0 Å². The van der Waals surface area contributed by atoms with E-state index in [1.165, 1.54) is 5.56 Å². The van der Waals surface area contributed by atoms with Crippen molar-refractivity contribution in [3.05, 3.63) is 17.7 Å². The van der Waals surface area contributed by atoms with Crippen LogP contribution in [0.3, 0.4) is 0 Å². The molecule has 4 heteroatoms. The zero-order valence-corrected chi connectivity index (χ0v) is 14.9. The molecule has 0 bridgehead atoms. The Morgan fingerprint density at radius 3 is 1.95 bits per heavy atom. The molecule has 1 aromatic rings. The fourth-order valence-corrected chi connectivity index (χ4v) is 2.38. The number of nitrogens with zero attached hydrogens (tertiary/aromatic N) is 1. The molecule has 0 unspecified atom stereocenters. The molecule has 4 nitrogen and oxygen atoms in total. The molecule has 0 saturated heterocycles. The molecule has 0 atom stereocenters. The second-order valence-electron chi connectivity index (χ2n) is 5.64. The highest BCUT2D eigenvalue weighted by Crippen LogP contribution is 2.40.